The normalized spacial score (nSPS) is 16.9. The van der Waals surface area contributed by atoms with Crippen molar-refractivity contribution in [3.8, 4) is 0 Å². The molecule has 0 aliphatic carbocycles. The molecule has 1 saturated heterocycles. The van der Waals surface area contributed by atoms with E-state index in [1.54, 1.807) is 10.5 Å². The highest BCUT2D eigenvalue weighted by Crippen LogP contribution is 2.15. The van der Waals surface area contributed by atoms with Gasteiger partial charge in [0.05, 0.1) is 5.69 Å². The van der Waals surface area contributed by atoms with Crippen molar-refractivity contribution in [1.29, 1.82) is 0 Å². The molecule has 1 fully saturated rings. The van der Waals surface area contributed by atoms with Crippen molar-refractivity contribution in [1.82, 2.24) is 19.6 Å². The summed E-state index contributed by atoms with van der Waals surface area (Å²) in [5.74, 6) is 0.755. The lowest BCUT2D eigenvalue weighted by Crippen LogP contribution is -2.34. The van der Waals surface area contributed by atoms with Gasteiger partial charge in [-0.3, -0.25) is 9.20 Å². The van der Waals surface area contributed by atoms with Crippen LogP contribution in [0.25, 0.3) is 4.96 Å². The van der Waals surface area contributed by atoms with Gasteiger partial charge in [-0.25, -0.2) is 4.98 Å². The molecule has 0 saturated carbocycles. The first-order chi connectivity index (χ1) is 10.1. The zero-order valence-corrected chi connectivity index (χ0v) is 13.4. The van der Waals surface area contributed by atoms with Crippen molar-refractivity contribution in [2.24, 2.45) is 5.92 Å². The minimum absolute atomic E-state index is 0.0315. The molecule has 21 heavy (non-hydrogen) atoms. The van der Waals surface area contributed by atoms with Crippen LogP contribution < -0.4 is 10.9 Å². The van der Waals surface area contributed by atoms with E-state index in [-0.39, 0.29) is 5.56 Å². The van der Waals surface area contributed by atoms with E-state index >= 15 is 0 Å². The molecule has 5 nitrogen and oxygen atoms in total. The van der Waals surface area contributed by atoms with Crippen LogP contribution in [-0.4, -0.2) is 41.0 Å². The molecule has 1 N–H and O–H groups in total. The quantitative estimate of drug-likeness (QED) is 0.930. The topological polar surface area (TPSA) is 49.6 Å². The first-order valence-electron chi connectivity index (χ1n) is 7.49. The van der Waals surface area contributed by atoms with Gasteiger partial charge in [0.1, 0.15) is 0 Å². The van der Waals surface area contributed by atoms with Crippen molar-refractivity contribution in [3.63, 3.8) is 0 Å². The lowest BCUT2D eigenvalue weighted by atomic mass is 9.98. The Balaban J connectivity index is 1.70. The van der Waals surface area contributed by atoms with E-state index in [4.69, 9.17) is 0 Å². The van der Waals surface area contributed by atoms with Crippen LogP contribution in [0.4, 0.5) is 0 Å². The van der Waals surface area contributed by atoms with E-state index in [9.17, 15) is 4.79 Å². The van der Waals surface area contributed by atoms with Crippen LogP contribution in [0.15, 0.2) is 16.2 Å². The van der Waals surface area contributed by atoms with Crippen LogP contribution >= 0.6 is 11.3 Å². The number of piperidine rings is 1. The van der Waals surface area contributed by atoms with Crippen LogP contribution in [0, 0.1) is 12.8 Å². The summed E-state index contributed by atoms with van der Waals surface area (Å²) in [6.07, 6.45) is 2.48. The fraction of sp³-hybridized carbons (Fsp3) is 0.600. The van der Waals surface area contributed by atoms with Crippen molar-refractivity contribution in [3.05, 3.63) is 33.2 Å². The fourth-order valence-electron chi connectivity index (χ4n) is 3.03. The van der Waals surface area contributed by atoms with Gasteiger partial charge in [0, 0.05) is 30.2 Å². The van der Waals surface area contributed by atoms with Crippen molar-refractivity contribution in [2.45, 2.75) is 26.3 Å². The minimum atomic E-state index is 0.0315. The largest absolute Gasteiger partial charge is 0.317 e. The summed E-state index contributed by atoms with van der Waals surface area (Å²) in [7, 11) is 2.12. The molecule has 6 heteroatoms. The maximum atomic E-state index is 12.2. The minimum Gasteiger partial charge on any atom is -0.317 e. The van der Waals surface area contributed by atoms with E-state index < -0.39 is 0 Å². The smallest absolute Gasteiger partial charge is 0.259 e. The highest BCUT2D eigenvalue weighted by atomic mass is 32.1. The second-order valence-electron chi connectivity index (χ2n) is 5.97. The van der Waals surface area contributed by atoms with E-state index in [1.807, 2.05) is 12.3 Å². The third-order valence-electron chi connectivity index (χ3n) is 4.09. The highest BCUT2D eigenvalue weighted by Gasteiger charge is 2.16. The summed E-state index contributed by atoms with van der Waals surface area (Å²) in [6, 6.07) is 1.67. The average Bonchev–Trinajstić information content (AvgIpc) is 2.81. The standard InChI is InChI=1S/C15H22N4OS/c1-11-10-21-15-17-13(7-14(20)19(11)15)9-18(2)8-12-3-5-16-6-4-12/h7,10,12,16H,3-6,8-9H2,1-2H3. The predicted octanol–water partition coefficient (Wildman–Crippen LogP) is 1.50. The van der Waals surface area contributed by atoms with Gasteiger partial charge < -0.3 is 10.2 Å². The number of nitrogens with one attached hydrogen (secondary N) is 1. The predicted molar refractivity (Wildman–Crippen MR) is 86.0 cm³/mol. The molecule has 1 aliphatic rings. The van der Waals surface area contributed by atoms with Gasteiger partial charge in [-0.1, -0.05) is 0 Å². The highest BCUT2D eigenvalue weighted by molar-refractivity contribution is 7.15. The third-order valence-corrected chi connectivity index (χ3v) is 5.03. The van der Waals surface area contributed by atoms with Gasteiger partial charge in [-0.2, -0.15) is 0 Å². The average molecular weight is 306 g/mol. The van der Waals surface area contributed by atoms with Gasteiger partial charge in [0.15, 0.2) is 4.96 Å². The monoisotopic (exact) mass is 306 g/mol. The Morgan fingerprint density at radius 1 is 1.48 bits per heavy atom. The molecule has 2 aromatic heterocycles. The number of rotatable bonds is 4. The molecule has 3 heterocycles. The number of hydrogen-bond donors (Lipinski definition) is 1. The van der Waals surface area contributed by atoms with Crippen molar-refractivity contribution in [2.75, 3.05) is 26.7 Å². The Morgan fingerprint density at radius 2 is 2.24 bits per heavy atom. The summed E-state index contributed by atoms with van der Waals surface area (Å²) in [5, 5.41) is 5.37. The van der Waals surface area contributed by atoms with Crippen molar-refractivity contribution >= 4 is 16.3 Å². The fourth-order valence-corrected chi connectivity index (χ4v) is 3.92. The Morgan fingerprint density at radius 3 is 3.00 bits per heavy atom. The van der Waals surface area contributed by atoms with Crippen LogP contribution in [-0.2, 0) is 6.54 Å². The Kier molecular flexibility index (Phi) is 4.37. The van der Waals surface area contributed by atoms with E-state index in [1.165, 1.54) is 24.2 Å². The first kappa shape index (κ1) is 14.7. The lowest BCUT2D eigenvalue weighted by molar-refractivity contribution is 0.233. The molecule has 0 bridgehead atoms. The van der Waals surface area contributed by atoms with Gasteiger partial charge in [0.25, 0.3) is 5.56 Å². The molecule has 0 spiro atoms. The molecule has 3 rings (SSSR count). The number of thiazole rings is 1. The van der Waals surface area contributed by atoms with Gasteiger partial charge in [-0.15, -0.1) is 11.3 Å². The lowest BCUT2D eigenvalue weighted by Gasteiger charge is -2.27. The second kappa shape index (κ2) is 6.25. The van der Waals surface area contributed by atoms with Crippen LogP contribution in [0.5, 0.6) is 0 Å². The van der Waals surface area contributed by atoms with Crippen LogP contribution in [0.3, 0.4) is 0 Å². The zero-order chi connectivity index (χ0) is 14.8. The van der Waals surface area contributed by atoms with E-state index in [2.05, 4.69) is 22.2 Å². The molecule has 0 atom stereocenters. The zero-order valence-electron chi connectivity index (χ0n) is 12.6. The molecule has 0 unspecified atom stereocenters. The molecule has 114 valence electrons. The Bertz CT molecular complexity index is 672. The van der Waals surface area contributed by atoms with Gasteiger partial charge in [0.2, 0.25) is 0 Å². The molecule has 1 aliphatic heterocycles. The SMILES string of the molecule is Cc1csc2nc(CN(C)CC3CCNCC3)cc(=O)n12. The maximum absolute atomic E-state index is 12.2. The maximum Gasteiger partial charge on any atom is 0.259 e. The summed E-state index contributed by atoms with van der Waals surface area (Å²) < 4.78 is 1.68. The molecule has 0 amide bonds. The number of aryl methyl sites for hydroxylation is 1. The summed E-state index contributed by atoms with van der Waals surface area (Å²) in [4.78, 5) is 19.9. The summed E-state index contributed by atoms with van der Waals surface area (Å²) >= 11 is 1.53. The first-order valence-corrected chi connectivity index (χ1v) is 8.37. The molecule has 2 aromatic rings. The van der Waals surface area contributed by atoms with Crippen molar-refractivity contribution < 1.29 is 0 Å². The van der Waals surface area contributed by atoms with Crippen LogP contribution in [0.2, 0.25) is 0 Å². The Labute approximate surface area is 128 Å². The number of aromatic nitrogens is 2. The van der Waals surface area contributed by atoms with E-state index in [0.29, 0.717) is 0 Å². The third kappa shape index (κ3) is 3.33. The molecule has 0 radical (unpaired) electrons. The van der Waals surface area contributed by atoms with E-state index in [0.717, 1.165) is 48.4 Å². The molecule has 0 aromatic carbocycles. The number of nitrogens with zero attached hydrogens (tertiary/aromatic N) is 3. The number of fused-ring (bicyclic) bond motifs is 1. The number of hydrogen-bond acceptors (Lipinski definition) is 5. The molecular formula is C15H22N4OS. The van der Waals surface area contributed by atoms with Gasteiger partial charge >= 0.3 is 0 Å². The summed E-state index contributed by atoms with van der Waals surface area (Å²) in [6.45, 7) is 6.01. The van der Waals surface area contributed by atoms with Crippen LogP contribution in [0.1, 0.15) is 24.2 Å². The van der Waals surface area contributed by atoms with Gasteiger partial charge in [-0.05, 0) is 45.8 Å². The second-order valence-corrected chi connectivity index (χ2v) is 6.81. The molecular weight excluding hydrogens is 284 g/mol. The Hall–Kier alpha value is -1.24. The summed E-state index contributed by atoms with van der Waals surface area (Å²) in [5.41, 5.74) is 1.87.